The first kappa shape index (κ1) is 12.3. The molecule has 1 heterocycles. The second kappa shape index (κ2) is 4.76. The normalized spacial score (nSPS) is 16.7. The lowest BCUT2D eigenvalue weighted by Crippen LogP contribution is -2.11. The summed E-state index contributed by atoms with van der Waals surface area (Å²) in [6.45, 7) is 5.87. The van der Waals surface area contributed by atoms with Gasteiger partial charge >= 0.3 is 0 Å². The number of ether oxygens (including phenoxy) is 1. The highest BCUT2D eigenvalue weighted by molar-refractivity contribution is 5.84. The van der Waals surface area contributed by atoms with Crippen molar-refractivity contribution in [2.24, 2.45) is 11.8 Å². The van der Waals surface area contributed by atoms with Crippen molar-refractivity contribution in [3.05, 3.63) is 18.2 Å². The molecule has 3 rings (SSSR count). The van der Waals surface area contributed by atoms with E-state index in [4.69, 9.17) is 10.5 Å². The Morgan fingerprint density at radius 1 is 1.47 bits per heavy atom. The zero-order chi connectivity index (χ0) is 13.4. The van der Waals surface area contributed by atoms with E-state index in [1.807, 2.05) is 19.1 Å². The number of nitrogens with two attached hydrogens (primary N) is 1. The van der Waals surface area contributed by atoms with Crippen LogP contribution in [0.3, 0.4) is 0 Å². The molecule has 0 radical (unpaired) electrons. The smallest absolute Gasteiger partial charge is 0.201 e. The highest BCUT2D eigenvalue weighted by Gasteiger charge is 2.28. The van der Waals surface area contributed by atoms with E-state index in [-0.39, 0.29) is 0 Å². The van der Waals surface area contributed by atoms with Gasteiger partial charge in [-0.1, -0.05) is 13.0 Å². The number of hydrogen-bond acceptors (Lipinski definition) is 3. The van der Waals surface area contributed by atoms with Crippen LogP contribution in [0.5, 0.6) is 5.75 Å². The molecule has 4 heteroatoms. The van der Waals surface area contributed by atoms with Crippen molar-refractivity contribution in [3.63, 3.8) is 0 Å². The van der Waals surface area contributed by atoms with Gasteiger partial charge in [0, 0.05) is 6.54 Å². The highest BCUT2D eigenvalue weighted by atomic mass is 16.5. The van der Waals surface area contributed by atoms with Gasteiger partial charge in [-0.25, -0.2) is 4.98 Å². The van der Waals surface area contributed by atoms with Crippen molar-refractivity contribution >= 4 is 17.0 Å². The lowest BCUT2D eigenvalue weighted by atomic mass is 10.1. The quantitative estimate of drug-likeness (QED) is 0.897. The van der Waals surface area contributed by atoms with Crippen LogP contribution < -0.4 is 10.5 Å². The number of fused-ring (bicyclic) bond motifs is 1. The number of benzene rings is 1. The molecule has 0 spiro atoms. The van der Waals surface area contributed by atoms with E-state index in [0.29, 0.717) is 18.5 Å². The number of hydrogen-bond donors (Lipinski definition) is 1. The number of anilines is 1. The zero-order valence-corrected chi connectivity index (χ0v) is 11.6. The molecule has 1 unspecified atom stereocenters. The third-order valence-electron chi connectivity index (χ3n) is 3.97. The predicted molar refractivity (Wildman–Crippen MR) is 77.2 cm³/mol. The van der Waals surface area contributed by atoms with Gasteiger partial charge in [0.05, 0.1) is 12.1 Å². The first-order chi connectivity index (χ1) is 9.20. The maximum absolute atomic E-state index is 6.08. The van der Waals surface area contributed by atoms with Gasteiger partial charge in [-0.3, -0.25) is 0 Å². The average Bonchev–Trinajstić information content (AvgIpc) is 3.18. The van der Waals surface area contributed by atoms with Crippen LogP contribution in [0.2, 0.25) is 0 Å². The maximum atomic E-state index is 6.08. The number of nitrogens with zero attached hydrogens (tertiary/aromatic N) is 2. The van der Waals surface area contributed by atoms with Crippen LogP contribution in [-0.2, 0) is 6.54 Å². The number of rotatable bonds is 5. The van der Waals surface area contributed by atoms with E-state index in [2.05, 4.69) is 22.5 Å². The third kappa shape index (κ3) is 2.27. The summed E-state index contributed by atoms with van der Waals surface area (Å²) >= 11 is 0. The molecule has 102 valence electrons. The molecule has 19 heavy (non-hydrogen) atoms. The fourth-order valence-corrected chi connectivity index (χ4v) is 2.71. The third-order valence-corrected chi connectivity index (χ3v) is 3.97. The Balaban J connectivity index is 1.98. The molecule has 2 N–H and O–H groups in total. The molecule has 0 bridgehead atoms. The number of nitrogen functional groups attached to an aromatic ring is 1. The molecule has 1 aromatic heterocycles. The van der Waals surface area contributed by atoms with Crippen LogP contribution in [0.25, 0.3) is 11.0 Å². The van der Waals surface area contributed by atoms with Crippen LogP contribution in [0.15, 0.2) is 18.2 Å². The monoisotopic (exact) mass is 259 g/mol. The molecular formula is C15H21N3O. The Hall–Kier alpha value is -1.71. The van der Waals surface area contributed by atoms with E-state index in [1.54, 1.807) is 0 Å². The topological polar surface area (TPSA) is 53.1 Å². The van der Waals surface area contributed by atoms with E-state index < -0.39 is 0 Å². The molecule has 4 nitrogen and oxygen atoms in total. The first-order valence-corrected chi connectivity index (χ1v) is 7.08. The Labute approximate surface area is 113 Å². The van der Waals surface area contributed by atoms with Gasteiger partial charge in [-0.2, -0.15) is 0 Å². The molecule has 0 amide bonds. The SMILES string of the molecule is CCOc1cccc2c1nc(N)n2CC(C)C1CC1. The molecule has 1 saturated carbocycles. The lowest BCUT2D eigenvalue weighted by molar-refractivity contribution is 0.343. The summed E-state index contributed by atoms with van der Waals surface area (Å²) in [6.07, 6.45) is 2.72. The summed E-state index contributed by atoms with van der Waals surface area (Å²) in [5.74, 6) is 2.95. The van der Waals surface area contributed by atoms with Gasteiger partial charge in [0.25, 0.3) is 0 Å². The summed E-state index contributed by atoms with van der Waals surface area (Å²) in [6, 6.07) is 6.03. The first-order valence-electron chi connectivity index (χ1n) is 7.08. The van der Waals surface area contributed by atoms with Gasteiger partial charge in [0.1, 0.15) is 11.3 Å². The van der Waals surface area contributed by atoms with Crippen molar-refractivity contribution in [1.82, 2.24) is 9.55 Å². The summed E-state index contributed by atoms with van der Waals surface area (Å²) in [5, 5.41) is 0. The highest BCUT2D eigenvalue weighted by Crippen LogP contribution is 2.38. The number of para-hydroxylation sites is 1. The Morgan fingerprint density at radius 3 is 2.95 bits per heavy atom. The summed E-state index contributed by atoms with van der Waals surface area (Å²) < 4.78 is 7.75. The largest absolute Gasteiger partial charge is 0.492 e. The van der Waals surface area contributed by atoms with E-state index in [0.717, 1.165) is 29.2 Å². The number of aromatic nitrogens is 2. The fourth-order valence-electron chi connectivity index (χ4n) is 2.71. The number of imidazole rings is 1. The summed E-state index contributed by atoms with van der Waals surface area (Å²) in [5.41, 5.74) is 8.04. The molecule has 1 aliphatic carbocycles. The van der Waals surface area contributed by atoms with E-state index in [1.165, 1.54) is 12.8 Å². The van der Waals surface area contributed by atoms with Crippen LogP contribution in [0.1, 0.15) is 26.7 Å². The summed E-state index contributed by atoms with van der Waals surface area (Å²) in [7, 11) is 0. The predicted octanol–water partition coefficient (Wildman–Crippen LogP) is 3.06. The van der Waals surface area contributed by atoms with Gasteiger partial charge in [-0.15, -0.1) is 0 Å². The maximum Gasteiger partial charge on any atom is 0.201 e. The minimum Gasteiger partial charge on any atom is -0.492 e. The fraction of sp³-hybridized carbons (Fsp3) is 0.533. The van der Waals surface area contributed by atoms with Crippen molar-refractivity contribution < 1.29 is 4.74 Å². The molecule has 1 aliphatic rings. The van der Waals surface area contributed by atoms with E-state index in [9.17, 15) is 0 Å². The minimum atomic E-state index is 0.592. The molecule has 2 aromatic rings. The molecular weight excluding hydrogens is 238 g/mol. The zero-order valence-electron chi connectivity index (χ0n) is 11.6. The van der Waals surface area contributed by atoms with Crippen molar-refractivity contribution in [2.75, 3.05) is 12.3 Å². The van der Waals surface area contributed by atoms with Crippen molar-refractivity contribution in [1.29, 1.82) is 0 Å². The second-order valence-electron chi connectivity index (χ2n) is 5.45. The molecule has 0 aliphatic heterocycles. The lowest BCUT2D eigenvalue weighted by Gasteiger charge is -2.13. The molecule has 1 atom stereocenters. The standard InChI is InChI=1S/C15H21N3O/c1-3-19-13-6-4-5-12-14(13)17-15(16)18(12)9-10(2)11-7-8-11/h4-6,10-11H,3,7-9H2,1-2H3,(H2,16,17). The minimum absolute atomic E-state index is 0.592. The van der Waals surface area contributed by atoms with E-state index >= 15 is 0 Å². The van der Waals surface area contributed by atoms with Gasteiger partial charge in [0.2, 0.25) is 5.95 Å². The molecule has 1 aromatic carbocycles. The Morgan fingerprint density at radius 2 is 2.26 bits per heavy atom. The van der Waals surface area contributed by atoms with Crippen molar-refractivity contribution in [3.8, 4) is 5.75 Å². The van der Waals surface area contributed by atoms with Crippen LogP contribution >= 0.6 is 0 Å². The summed E-state index contributed by atoms with van der Waals surface area (Å²) in [4.78, 5) is 4.48. The second-order valence-corrected chi connectivity index (χ2v) is 5.45. The van der Waals surface area contributed by atoms with Gasteiger partial charge in [-0.05, 0) is 43.7 Å². The van der Waals surface area contributed by atoms with Crippen LogP contribution in [0, 0.1) is 11.8 Å². The van der Waals surface area contributed by atoms with Gasteiger partial charge < -0.3 is 15.0 Å². The Kier molecular flexibility index (Phi) is 3.09. The molecule has 1 fully saturated rings. The molecule has 0 saturated heterocycles. The van der Waals surface area contributed by atoms with Crippen molar-refractivity contribution in [2.45, 2.75) is 33.2 Å². The van der Waals surface area contributed by atoms with Gasteiger partial charge in [0.15, 0.2) is 0 Å². The Bertz CT molecular complexity index is 586. The van der Waals surface area contributed by atoms with Crippen LogP contribution in [0.4, 0.5) is 5.95 Å². The average molecular weight is 259 g/mol. The van der Waals surface area contributed by atoms with Crippen LogP contribution in [-0.4, -0.2) is 16.2 Å².